The van der Waals surface area contributed by atoms with Crippen LogP contribution < -0.4 is 4.90 Å². The number of fused-ring (bicyclic) bond motifs is 4. The van der Waals surface area contributed by atoms with Gasteiger partial charge in [-0.05, 0) is 99.8 Å². The number of hydrogen-bond donors (Lipinski definition) is 0. The second-order valence-corrected chi connectivity index (χ2v) is 12.3. The lowest BCUT2D eigenvalue weighted by molar-refractivity contribution is 1.18. The Bertz CT molecular complexity index is 2510. The highest BCUT2D eigenvalue weighted by Crippen LogP contribution is 2.39. The molecule has 0 amide bonds. The van der Waals surface area contributed by atoms with Crippen molar-refractivity contribution in [1.82, 2.24) is 4.57 Å². The molecule has 0 bridgehead atoms. The molecule has 0 atom stereocenters. The van der Waals surface area contributed by atoms with Crippen LogP contribution in [-0.2, 0) is 0 Å². The van der Waals surface area contributed by atoms with E-state index in [1.54, 1.807) is 0 Å². The van der Waals surface area contributed by atoms with Crippen LogP contribution in [0.15, 0.2) is 194 Å². The van der Waals surface area contributed by atoms with Crippen LogP contribution in [0, 0.1) is 0 Å². The summed E-state index contributed by atoms with van der Waals surface area (Å²) in [5, 5.41) is 5.04. The molecule has 0 fully saturated rings. The summed E-state index contributed by atoms with van der Waals surface area (Å²) < 4.78 is 2.41. The molecular formula is C46H32N2. The van der Waals surface area contributed by atoms with Gasteiger partial charge in [0.15, 0.2) is 0 Å². The number of benzene rings is 8. The molecule has 0 saturated heterocycles. The molecule has 226 valence electrons. The number of para-hydroxylation sites is 2. The minimum absolute atomic E-state index is 1.11. The smallest absolute Gasteiger partial charge is 0.0547 e. The van der Waals surface area contributed by atoms with Gasteiger partial charge in [-0.1, -0.05) is 127 Å². The van der Waals surface area contributed by atoms with Gasteiger partial charge in [0.05, 0.1) is 11.0 Å². The number of hydrogen-bond acceptors (Lipinski definition) is 1. The van der Waals surface area contributed by atoms with Gasteiger partial charge in [-0.15, -0.1) is 0 Å². The quantitative estimate of drug-likeness (QED) is 0.181. The first-order valence-electron chi connectivity index (χ1n) is 16.4. The van der Waals surface area contributed by atoms with Gasteiger partial charge in [-0.3, -0.25) is 0 Å². The summed E-state index contributed by atoms with van der Waals surface area (Å²) in [5.41, 5.74) is 11.8. The summed E-state index contributed by atoms with van der Waals surface area (Å²) in [4.78, 5) is 2.32. The van der Waals surface area contributed by atoms with Crippen LogP contribution in [0.25, 0.3) is 60.5 Å². The minimum atomic E-state index is 1.11. The van der Waals surface area contributed by atoms with E-state index in [9.17, 15) is 0 Å². The molecular weight excluding hydrogens is 581 g/mol. The molecule has 0 aliphatic heterocycles. The Kier molecular flexibility index (Phi) is 6.84. The van der Waals surface area contributed by atoms with Gasteiger partial charge in [0.2, 0.25) is 0 Å². The van der Waals surface area contributed by atoms with E-state index < -0.39 is 0 Å². The second-order valence-electron chi connectivity index (χ2n) is 12.3. The van der Waals surface area contributed by atoms with E-state index in [1.165, 1.54) is 54.8 Å². The van der Waals surface area contributed by atoms with Crippen molar-refractivity contribution in [3.8, 4) is 27.9 Å². The normalized spacial score (nSPS) is 11.3. The van der Waals surface area contributed by atoms with E-state index in [4.69, 9.17) is 0 Å². The van der Waals surface area contributed by atoms with Crippen LogP contribution in [0.3, 0.4) is 0 Å². The molecule has 0 N–H and O–H groups in total. The van der Waals surface area contributed by atoms with Crippen molar-refractivity contribution in [1.29, 1.82) is 0 Å². The van der Waals surface area contributed by atoms with Gasteiger partial charge in [0.1, 0.15) is 0 Å². The van der Waals surface area contributed by atoms with E-state index >= 15 is 0 Å². The van der Waals surface area contributed by atoms with Crippen LogP contribution in [0.2, 0.25) is 0 Å². The zero-order valence-electron chi connectivity index (χ0n) is 26.4. The van der Waals surface area contributed by atoms with Crippen LogP contribution in [-0.4, -0.2) is 4.57 Å². The highest BCUT2D eigenvalue weighted by molar-refractivity contribution is 6.14. The maximum Gasteiger partial charge on any atom is 0.0547 e. The van der Waals surface area contributed by atoms with Crippen molar-refractivity contribution in [3.63, 3.8) is 0 Å². The Balaban J connectivity index is 1.14. The highest BCUT2D eigenvalue weighted by atomic mass is 15.1. The number of nitrogens with zero attached hydrogens (tertiary/aromatic N) is 2. The van der Waals surface area contributed by atoms with Crippen molar-refractivity contribution in [2.45, 2.75) is 0 Å². The maximum atomic E-state index is 2.41. The van der Waals surface area contributed by atoms with Crippen molar-refractivity contribution >= 4 is 49.6 Å². The first-order chi connectivity index (χ1) is 23.8. The third kappa shape index (κ3) is 4.92. The first kappa shape index (κ1) is 27.9. The third-order valence-electron chi connectivity index (χ3n) is 9.35. The SMILES string of the molecule is c1ccc(-c2ccc(N(c3ccccc3)c3ccc(-c4ccc5c6cc7ccccc7cc6n(-c6ccccc6)c5c4)cc3)cc2)cc1. The maximum absolute atomic E-state index is 2.41. The fraction of sp³-hybridized carbons (Fsp3) is 0. The zero-order chi connectivity index (χ0) is 31.9. The van der Waals surface area contributed by atoms with E-state index in [0.717, 1.165) is 22.7 Å². The summed E-state index contributed by atoms with van der Waals surface area (Å²) in [6, 6.07) is 69.8. The van der Waals surface area contributed by atoms with E-state index in [0.29, 0.717) is 0 Å². The molecule has 0 unspecified atom stereocenters. The van der Waals surface area contributed by atoms with Crippen LogP contribution in [0.1, 0.15) is 0 Å². The first-order valence-corrected chi connectivity index (χ1v) is 16.4. The molecule has 1 heterocycles. The van der Waals surface area contributed by atoms with E-state index in [1.807, 2.05) is 0 Å². The molecule has 0 saturated carbocycles. The largest absolute Gasteiger partial charge is 0.311 e. The molecule has 0 radical (unpaired) electrons. The predicted molar refractivity (Wildman–Crippen MR) is 204 cm³/mol. The minimum Gasteiger partial charge on any atom is -0.311 e. The number of anilines is 3. The second kappa shape index (κ2) is 11.8. The molecule has 2 heteroatoms. The van der Waals surface area contributed by atoms with Crippen molar-refractivity contribution in [2.24, 2.45) is 0 Å². The van der Waals surface area contributed by atoms with Crippen molar-refractivity contribution in [2.75, 3.05) is 4.90 Å². The Labute approximate surface area is 280 Å². The number of rotatable bonds is 6. The monoisotopic (exact) mass is 612 g/mol. The fourth-order valence-electron chi connectivity index (χ4n) is 7.00. The summed E-state index contributed by atoms with van der Waals surface area (Å²) in [7, 11) is 0. The lowest BCUT2D eigenvalue weighted by atomic mass is 10.0. The average molecular weight is 613 g/mol. The van der Waals surface area contributed by atoms with Crippen molar-refractivity contribution < 1.29 is 0 Å². The van der Waals surface area contributed by atoms with Crippen LogP contribution in [0.4, 0.5) is 17.1 Å². The summed E-state index contributed by atoms with van der Waals surface area (Å²) in [6.45, 7) is 0. The molecule has 2 nitrogen and oxygen atoms in total. The van der Waals surface area contributed by atoms with Gasteiger partial charge < -0.3 is 9.47 Å². The van der Waals surface area contributed by atoms with Crippen LogP contribution in [0.5, 0.6) is 0 Å². The zero-order valence-corrected chi connectivity index (χ0v) is 26.4. The third-order valence-corrected chi connectivity index (χ3v) is 9.35. The van der Waals surface area contributed by atoms with Gasteiger partial charge in [0, 0.05) is 33.5 Å². The molecule has 9 aromatic rings. The van der Waals surface area contributed by atoms with Crippen LogP contribution >= 0.6 is 0 Å². The predicted octanol–water partition coefficient (Wildman–Crippen LogP) is 12.7. The average Bonchev–Trinajstić information content (AvgIpc) is 3.48. The summed E-state index contributed by atoms with van der Waals surface area (Å²) >= 11 is 0. The van der Waals surface area contributed by atoms with Crippen molar-refractivity contribution in [3.05, 3.63) is 194 Å². The fourth-order valence-corrected chi connectivity index (χ4v) is 7.00. The molecule has 0 aliphatic rings. The number of aromatic nitrogens is 1. The Morgan fingerprint density at radius 2 is 0.771 bits per heavy atom. The Morgan fingerprint density at radius 1 is 0.312 bits per heavy atom. The summed E-state index contributed by atoms with van der Waals surface area (Å²) in [5.74, 6) is 0. The van der Waals surface area contributed by atoms with Gasteiger partial charge >= 0.3 is 0 Å². The highest BCUT2D eigenvalue weighted by Gasteiger charge is 2.16. The lowest BCUT2D eigenvalue weighted by Crippen LogP contribution is -2.09. The molecule has 1 aromatic heterocycles. The van der Waals surface area contributed by atoms with Gasteiger partial charge in [0.25, 0.3) is 0 Å². The van der Waals surface area contributed by atoms with E-state index in [2.05, 4.69) is 204 Å². The lowest BCUT2D eigenvalue weighted by Gasteiger charge is -2.26. The Morgan fingerprint density at radius 3 is 1.42 bits per heavy atom. The Hall–Kier alpha value is -6.38. The summed E-state index contributed by atoms with van der Waals surface area (Å²) in [6.07, 6.45) is 0. The van der Waals surface area contributed by atoms with Gasteiger partial charge in [-0.25, -0.2) is 0 Å². The standard InChI is InChI=1S/C46H32N2/c1-4-12-33(13-5-1)34-20-25-41(26-21-34)47(39-16-6-2-7-17-39)42-27-22-35(23-28-42)38-24-29-43-44-30-36-14-10-11-15-37(36)31-46(44)48(45(43)32-38)40-18-8-3-9-19-40/h1-32H. The molecule has 9 rings (SSSR count). The molecule has 0 aliphatic carbocycles. The van der Waals surface area contributed by atoms with E-state index in [-0.39, 0.29) is 0 Å². The van der Waals surface area contributed by atoms with Gasteiger partial charge in [-0.2, -0.15) is 0 Å². The molecule has 8 aromatic carbocycles. The molecule has 0 spiro atoms. The topological polar surface area (TPSA) is 8.17 Å². The molecule has 48 heavy (non-hydrogen) atoms.